The van der Waals surface area contributed by atoms with Gasteiger partial charge in [0.2, 0.25) is 5.91 Å². The summed E-state index contributed by atoms with van der Waals surface area (Å²) in [6, 6.07) is 45.9. The van der Waals surface area contributed by atoms with E-state index in [4.69, 9.17) is 37.9 Å². The average molecular weight is 985 g/mol. The number of benzene rings is 5. The van der Waals surface area contributed by atoms with E-state index in [-0.39, 0.29) is 52.0 Å². The number of tetrazole rings is 1. The van der Waals surface area contributed by atoms with Crippen molar-refractivity contribution >= 4 is 18.0 Å². The zero-order valence-electron chi connectivity index (χ0n) is 41.1. The topological polar surface area (TPSA) is 193 Å². The van der Waals surface area contributed by atoms with Crippen molar-refractivity contribution < 1.29 is 52.3 Å². The number of hydrogen-bond donors (Lipinski definition) is 2. The van der Waals surface area contributed by atoms with Crippen molar-refractivity contribution in [3.8, 4) is 6.01 Å². The van der Waals surface area contributed by atoms with Gasteiger partial charge < -0.3 is 48.5 Å². The summed E-state index contributed by atoms with van der Waals surface area (Å²) in [6.45, 7) is 7.52. The third-order valence-corrected chi connectivity index (χ3v) is 11.4. The first-order chi connectivity index (χ1) is 35.0. The number of nitrogens with one attached hydrogen (secondary N) is 2. The number of hydrogen-bond acceptors (Lipinski definition) is 14. The molecule has 6 aromatic rings. The van der Waals surface area contributed by atoms with Crippen LogP contribution in [-0.4, -0.2) is 106 Å². The minimum Gasteiger partial charge on any atom is -0.464 e. The average Bonchev–Trinajstić information content (AvgIpc) is 3.83. The van der Waals surface area contributed by atoms with Gasteiger partial charge in [0.15, 0.2) is 0 Å². The molecular weight excluding hydrogens is 921 g/mol. The fourth-order valence-electron chi connectivity index (χ4n) is 7.97. The van der Waals surface area contributed by atoms with Gasteiger partial charge in [-0.15, -0.1) is 0 Å². The number of carbonyl (C=O) groups is 3. The number of carbonyl (C=O) groups excluding carboxylic acids is 3. The number of amides is 2. The maximum atomic E-state index is 14.1. The number of rotatable bonds is 25. The van der Waals surface area contributed by atoms with Crippen molar-refractivity contribution in [2.45, 2.75) is 115 Å². The lowest BCUT2D eigenvalue weighted by Crippen LogP contribution is -2.62. The first-order valence-electron chi connectivity index (χ1n) is 24.1. The molecule has 0 saturated carbocycles. The van der Waals surface area contributed by atoms with Gasteiger partial charge in [-0.2, -0.15) is 4.68 Å². The third-order valence-electron chi connectivity index (χ3n) is 11.4. The molecule has 72 heavy (non-hydrogen) atoms. The summed E-state index contributed by atoms with van der Waals surface area (Å²) in [5.41, 5.74) is 3.71. The highest BCUT2D eigenvalue weighted by Gasteiger charge is 2.49. The maximum absolute atomic E-state index is 14.1. The minimum atomic E-state index is -1.39. The molecule has 380 valence electrons. The molecule has 7 rings (SSSR count). The molecule has 2 heterocycles. The highest BCUT2D eigenvalue weighted by atomic mass is 16.6. The smallest absolute Gasteiger partial charge is 0.408 e. The van der Waals surface area contributed by atoms with E-state index in [1.165, 1.54) is 4.68 Å². The van der Waals surface area contributed by atoms with Gasteiger partial charge in [0, 0.05) is 6.42 Å². The highest BCUT2D eigenvalue weighted by Crippen LogP contribution is 2.32. The molecule has 1 saturated heterocycles. The molecule has 17 heteroatoms. The zero-order chi connectivity index (χ0) is 50.5. The second kappa shape index (κ2) is 27.0. The lowest BCUT2D eigenvalue weighted by molar-refractivity contribution is -0.275. The van der Waals surface area contributed by atoms with E-state index in [1.54, 1.807) is 27.7 Å². The van der Waals surface area contributed by atoms with Crippen LogP contribution < -0.4 is 15.4 Å². The van der Waals surface area contributed by atoms with Gasteiger partial charge in [0.25, 0.3) is 0 Å². The van der Waals surface area contributed by atoms with E-state index in [1.807, 2.05) is 152 Å². The fraction of sp³-hybridized carbons (Fsp3) is 0.382. The first kappa shape index (κ1) is 52.8. The van der Waals surface area contributed by atoms with Crippen molar-refractivity contribution in [1.29, 1.82) is 0 Å². The Morgan fingerprint density at radius 2 is 1.11 bits per heavy atom. The molecular formula is C55H64N6O11. The Labute approximate surface area is 420 Å². The van der Waals surface area contributed by atoms with Crippen LogP contribution in [0.15, 0.2) is 152 Å². The summed E-state index contributed by atoms with van der Waals surface area (Å²) in [5.74, 6) is -1.38. The predicted molar refractivity (Wildman–Crippen MR) is 265 cm³/mol. The van der Waals surface area contributed by atoms with E-state index >= 15 is 0 Å². The number of ether oxygens (including phenoxy) is 8. The largest absolute Gasteiger partial charge is 0.464 e. The lowest BCUT2D eigenvalue weighted by Gasteiger charge is -2.46. The Hall–Kier alpha value is -7.02. The summed E-state index contributed by atoms with van der Waals surface area (Å²) in [5, 5.41) is 17.7. The maximum Gasteiger partial charge on any atom is 0.408 e. The monoisotopic (exact) mass is 984 g/mol. The van der Waals surface area contributed by atoms with Crippen LogP contribution in [0.4, 0.5) is 4.79 Å². The van der Waals surface area contributed by atoms with Crippen LogP contribution in [0.2, 0.25) is 0 Å². The molecule has 0 spiro atoms. The Kier molecular flexibility index (Phi) is 19.8. The Morgan fingerprint density at radius 1 is 0.625 bits per heavy atom. The standard InChI is InChI=1S/C55H64N6O11/c1-5-66-52(63)44(31-39-21-11-6-12-22-39)56-51(62)45(57-54(64)72-55(2,3)4)37-70-53-58-59-60-61(53)32-46-48(67-34-41-25-15-8-16-26-41)50(69-36-43-29-19-10-20-30-43)49(68-35-42-27-17-9-18-28-42)47(71-46)38-65-33-40-23-13-7-14-24-40/h6-30,44-50H,5,31-38H2,1-4H3,(H,56,62)(H,57,64)/t44-,45-,46-,47+,48-,49-,50+/m0/s1. The summed E-state index contributed by atoms with van der Waals surface area (Å²) in [6.07, 6.45) is -4.44. The van der Waals surface area contributed by atoms with E-state index in [9.17, 15) is 14.4 Å². The summed E-state index contributed by atoms with van der Waals surface area (Å²) < 4.78 is 52.4. The molecule has 0 aliphatic carbocycles. The Bertz CT molecular complexity index is 2540. The Morgan fingerprint density at radius 3 is 1.62 bits per heavy atom. The van der Waals surface area contributed by atoms with Gasteiger partial charge in [0.05, 0.1) is 46.2 Å². The predicted octanol–water partition coefficient (Wildman–Crippen LogP) is 6.98. The van der Waals surface area contributed by atoms with Crippen molar-refractivity contribution in [2.24, 2.45) is 0 Å². The Balaban J connectivity index is 1.18. The first-order valence-corrected chi connectivity index (χ1v) is 24.1. The van der Waals surface area contributed by atoms with Crippen molar-refractivity contribution in [1.82, 2.24) is 30.8 Å². The van der Waals surface area contributed by atoms with Crippen LogP contribution in [0, 0.1) is 0 Å². The number of nitrogens with zero attached hydrogens (tertiary/aromatic N) is 4. The third kappa shape index (κ3) is 16.5. The van der Waals surface area contributed by atoms with E-state index < -0.39 is 72.8 Å². The molecule has 1 aliphatic rings. The lowest BCUT2D eigenvalue weighted by atomic mass is 9.93. The molecule has 1 fully saturated rings. The molecule has 1 aliphatic heterocycles. The normalized spacial score (nSPS) is 18.6. The highest BCUT2D eigenvalue weighted by molar-refractivity contribution is 5.90. The van der Waals surface area contributed by atoms with E-state index in [0.717, 1.165) is 27.8 Å². The molecule has 2 N–H and O–H groups in total. The van der Waals surface area contributed by atoms with Crippen LogP contribution in [0.1, 0.15) is 55.5 Å². The van der Waals surface area contributed by atoms with Crippen molar-refractivity contribution in [2.75, 3.05) is 19.8 Å². The van der Waals surface area contributed by atoms with Gasteiger partial charge in [-0.3, -0.25) is 4.79 Å². The molecule has 7 atom stereocenters. The summed E-state index contributed by atoms with van der Waals surface area (Å²) in [4.78, 5) is 40.6. The molecule has 5 aromatic carbocycles. The van der Waals surface area contributed by atoms with E-state index in [2.05, 4.69) is 26.2 Å². The number of esters is 1. The molecule has 0 unspecified atom stereocenters. The van der Waals surface area contributed by atoms with Gasteiger partial charge in [-0.1, -0.05) is 157 Å². The zero-order valence-corrected chi connectivity index (χ0v) is 41.1. The molecule has 0 radical (unpaired) electrons. The van der Waals surface area contributed by atoms with Gasteiger partial charge >= 0.3 is 18.1 Å². The van der Waals surface area contributed by atoms with Gasteiger partial charge in [-0.25, -0.2) is 9.59 Å². The quantitative estimate of drug-likeness (QED) is 0.0559. The second-order valence-electron chi connectivity index (χ2n) is 18.2. The molecule has 17 nitrogen and oxygen atoms in total. The van der Waals surface area contributed by atoms with Crippen molar-refractivity contribution in [3.63, 3.8) is 0 Å². The van der Waals surface area contributed by atoms with Gasteiger partial charge in [0.1, 0.15) is 54.8 Å². The van der Waals surface area contributed by atoms with E-state index in [0.29, 0.717) is 6.61 Å². The summed E-state index contributed by atoms with van der Waals surface area (Å²) in [7, 11) is 0. The van der Waals surface area contributed by atoms with Crippen molar-refractivity contribution in [3.05, 3.63) is 179 Å². The summed E-state index contributed by atoms with van der Waals surface area (Å²) >= 11 is 0. The molecule has 0 bridgehead atoms. The number of aromatic nitrogens is 4. The van der Waals surface area contributed by atoms with Crippen LogP contribution in [0.3, 0.4) is 0 Å². The van der Waals surface area contributed by atoms with Gasteiger partial charge in [-0.05, 0) is 65.9 Å². The SMILES string of the molecule is CCOC(=O)[C@H](Cc1ccccc1)NC(=O)[C@H](COc1nnnn1C[C@@H]1O[C@H](COCc2ccccc2)[C@H](OCc2ccccc2)[C@H](OCc2ccccc2)[C@H]1OCc1ccccc1)NC(=O)OC(C)(C)C. The van der Waals surface area contributed by atoms with Crippen LogP contribution >= 0.6 is 0 Å². The van der Waals surface area contributed by atoms with Crippen LogP contribution in [0.25, 0.3) is 0 Å². The second-order valence-corrected chi connectivity index (χ2v) is 18.2. The van der Waals surface area contributed by atoms with Crippen LogP contribution in [0.5, 0.6) is 6.01 Å². The number of alkyl carbamates (subject to hydrolysis) is 1. The van der Waals surface area contributed by atoms with Crippen LogP contribution in [-0.2, 0) is 82.1 Å². The minimum absolute atomic E-state index is 0.0219. The molecule has 2 amide bonds. The molecule has 1 aromatic heterocycles. The fourth-order valence-corrected chi connectivity index (χ4v) is 7.97.